The van der Waals surface area contributed by atoms with Gasteiger partial charge in [-0.2, -0.15) is 13.2 Å². The minimum Gasteiger partial charge on any atom is -0.490 e. The second-order valence-electron chi connectivity index (χ2n) is 7.07. The Balaban J connectivity index is 1.45. The topological polar surface area (TPSA) is 42.4 Å². The molecule has 1 amide bonds. The summed E-state index contributed by atoms with van der Waals surface area (Å²) in [6.45, 7) is 0. The zero-order valence-corrected chi connectivity index (χ0v) is 14.5. The molecule has 4 rings (SSSR count). The number of carbonyl (C=O) groups is 1. The van der Waals surface area contributed by atoms with Gasteiger partial charge in [0.2, 0.25) is 0 Å². The molecule has 2 atom stereocenters. The van der Waals surface area contributed by atoms with Crippen LogP contribution in [-0.2, 0) is 6.18 Å². The summed E-state index contributed by atoms with van der Waals surface area (Å²) in [6, 6.07) is 8.20. The number of hydrogen-bond donors (Lipinski definition) is 0. The molecule has 2 saturated heterocycles. The summed E-state index contributed by atoms with van der Waals surface area (Å²) in [5.74, 6) is 0.565. The lowest BCUT2D eigenvalue weighted by Gasteiger charge is -2.39. The third-order valence-corrected chi connectivity index (χ3v) is 5.34. The van der Waals surface area contributed by atoms with Crippen molar-refractivity contribution < 1.29 is 22.7 Å². The van der Waals surface area contributed by atoms with E-state index in [1.807, 2.05) is 17.0 Å². The summed E-state index contributed by atoms with van der Waals surface area (Å²) < 4.78 is 44.2. The lowest BCUT2D eigenvalue weighted by Crippen LogP contribution is -2.49. The molecular weight excluding hydrogens is 357 g/mol. The molecule has 2 aliphatic heterocycles. The first kappa shape index (κ1) is 17.8. The second kappa shape index (κ2) is 6.87. The van der Waals surface area contributed by atoms with Crippen molar-refractivity contribution in [3.05, 3.63) is 59.9 Å². The average Bonchev–Trinajstić information content (AvgIpc) is 2.92. The summed E-state index contributed by atoms with van der Waals surface area (Å²) in [4.78, 5) is 18.7. The van der Waals surface area contributed by atoms with Gasteiger partial charge in [-0.1, -0.05) is 0 Å². The summed E-state index contributed by atoms with van der Waals surface area (Å²) in [5.41, 5.74) is -0.445. The van der Waals surface area contributed by atoms with Gasteiger partial charge < -0.3 is 9.64 Å². The van der Waals surface area contributed by atoms with Crippen LogP contribution in [0.2, 0.25) is 0 Å². The lowest BCUT2D eigenvalue weighted by atomic mass is 9.98. The quantitative estimate of drug-likeness (QED) is 0.802. The number of rotatable bonds is 3. The van der Waals surface area contributed by atoms with E-state index in [0.29, 0.717) is 5.56 Å². The van der Waals surface area contributed by atoms with Crippen LogP contribution in [0.25, 0.3) is 0 Å². The first-order valence-electron chi connectivity index (χ1n) is 8.98. The number of hydrogen-bond acceptors (Lipinski definition) is 3. The maximum Gasteiger partial charge on any atom is 0.416 e. The van der Waals surface area contributed by atoms with Gasteiger partial charge in [0.15, 0.2) is 0 Å². The molecule has 2 bridgehead atoms. The number of fused-ring (bicyclic) bond motifs is 2. The van der Waals surface area contributed by atoms with E-state index in [1.54, 1.807) is 12.4 Å². The summed E-state index contributed by atoms with van der Waals surface area (Å²) in [6.07, 6.45) is 2.22. The van der Waals surface area contributed by atoms with Gasteiger partial charge in [0.1, 0.15) is 11.9 Å². The molecule has 1 aromatic heterocycles. The van der Waals surface area contributed by atoms with Gasteiger partial charge in [0.05, 0.1) is 5.56 Å². The maximum atomic E-state index is 12.9. The molecule has 2 fully saturated rings. The highest BCUT2D eigenvalue weighted by Gasteiger charge is 2.44. The smallest absolute Gasteiger partial charge is 0.416 e. The van der Waals surface area contributed by atoms with Crippen LogP contribution >= 0.6 is 0 Å². The zero-order chi connectivity index (χ0) is 19.0. The molecule has 27 heavy (non-hydrogen) atoms. The normalized spacial score (nSPS) is 24.7. The predicted molar refractivity (Wildman–Crippen MR) is 92.3 cm³/mol. The van der Waals surface area contributed by atoms with Crippen LogP contribution in [-0.4, -0.2) is 34.0 Å². The van der Waals surface area contributed by atoms with E-state index < -0.39 is 11.7 Å². The van der Waals surface area contributed by atoms with Crippen molar-refractivity contribution in [2.75, 3.05) is 0 Å². The molecular formula is C20H19F3N2O2. The second-order valence-corrected chi connectivity index (χ2v) is 7.07. The number of pyridine rings is 1. The van der Waals surface area contributed by atoms with Gasteiger partial charge in [-0.3, -0.25) is 9.78 Å². The van der Waals surface area contributed by atoms with Crippen LogP contribution < -0.4 is 4.74 Å². The molecule has 0 saturated carbocycles. The van der Waals surface area contributed by atoms with Gasteiger partial charge in [-0.05, 0) is 49.2 Å². The number of halogens is 3. The number of piperidine rings is 1. The largest absolute Gasteiger partial charge is 0.490 e. The summed E-state index contributed by atoms with van der Waals surface area (Å²) in [5, 5.41) is 0. The number of ether oxygens (including phenoxy) is 1. The average molecular weight is 376 g/mol. The van der Waals surface area contributed by atoms with Crippen molar-refractivity contribution in [1.29, 1.82) is 0 Å². The van der Waals surface area contributed by atoms with Crippen LogP contribution in [0.15, 0.2) is 48.8 Å². The van der Waals surface area contributed by atoms with Gasteiger partial charge >= 0.3 is 6.18 Å². The molecule has 7 heteroatoms. The monoisotopic (exact) mass is 376 g/mol. The Labute approximate surface area is 155 Å². The van der Waals surface area contributed by atoms with Crippen LogP contribution in [0.4, 0.5) is 13.2 Å². The number of benzene rings is 1. The van der Waals surface area contributed by atoms with Crippen molar-refractivity contribution in [1.82, 2.24) is 9.88 Å². The fraction of sp³-hybridized carbons (Fsp3) is 0.400. The highest BCUT2D eigenvalue weighted by Crippen LogP contribution is 2.38. The van der Waals surface area contributed by atoms with E-state index in [9.17, 15) is 18.0 Å². The molecule has 0 aliphatic carbocycles. The molecule has 1 aromatic carbocycles. The Bertz CT molecular complexity index is 794. The molecule has 3 heterocycles. The SMILES string of the molecule is O=C(c1ccc(C(F)(F)F)cc1)N1C2CCC1CC(Oc1ccncc1)C2. The number of aromatic nitrogens is 1. The Morgan fingerprint density at radius 2 is 1.59 bits per heavy atom. The third-order valence-electron chi connectivity index (χ3n) is 5.34. The van der Waals surface area contributed by atoms with E-state index in [1.165, 1.54) is 12.1 Å². The van der Waals surface area contributed by atoms with Gasteiger partial charge in [0.25, 0.3) is 5.91 Å². The van der Waals surface area contributed by atoms with E-state index in [-0.39, 0.29) is 24.1 Å². The van der Waals surface area contributed by atoms with Crippen molar-refractivity contribution >= 4 is 5.91 Å². The Morgan fingerprint density at radius 3 is 2.15 bits per heavy atom. The van der Waals surface area contributed by atoms with E-state index in [0.717, 1.165) is 43.6 Å². The first-order chi connectivity index (χ1) is 12.9. The fourth-order valence-corrected chi connectivity index (χ4v) is 4.12. The third kappa shape index (κ3) is 3.63. The van der Waals surface area contributed by atoms with Crippen molar-refractivity contribution in [3.63, 3.8) is 0 Å². The van der Waals surface area contributed by atoms with Crippen molar-refractivity contribution in [2.24, 2.45) is 0 Å². The molecule has 0 spiro atoms. The summed E-state index contributed by atoms with van der Waals surface area (Å²) >= 11 is 0. The van der Waals surface area contributed by atoms with E-state index in [4.69, 9.17) is 4.74 Å². The maximum absolute atomic E-state index is 12.9. The van der Waals surface area contributed by atoms with Gasteiger partial charge in [-0.15, -0.1) is 0 Å². The fourth-order valence-electron chi connectivity index (χ4n) is 4.12. The standard InChI is InChI=1S/C20H19F3N2O2/c21-20(22,23)14-3-1-13(2-4-14)19(26)25-15-5-6-16(25)12-18(11-15)27-17-7-9-24-10-8-17/h1-4,7-10,15-16,18H,5-6,11-12H2. The Morgan fingerprint density at radius 1 is 1.00 bits per heavy atom. The molecule has 2 aliphatic rings. The number of nitrogens with zero attached hydrogens (tertiary/aromatic N) is 2. The Kier molecular flexibility index (Phi) is 4.53. The predicted octanol–water partition coefficient (Wildman–Crippen LogP) is 4.32. The van der Waals surface area contributed by atoms with E-state index >= 15 is 0 Å². The lowest BCUT2D eigenvalue weighted by molar-refractivity contribution is -0.137. The Hall–Kier alpha value is -2.57. The first-order valence-corrected chi connectivity index (χ1v) is 8.98. The van der Waals surface area contributed by atoms with Crippen LogP contribution in [0, 0.1) is 0 Å². The molecule has 142 valence electrons. The van der Waals surface area contributed by atoms with Gasteiger partial charge in [0, 0.05) is 42.9 Å². The van der Waals surface area contributed by atoms with Crippen LogP contribution in [0.5, 0.6) is 5.75 Å². The van der Waals surface area contributed by atoms with Crippen LogP contribution in [0.1, 0.15) is 41.6 Å². The molecule has 0 N–H and O–H groups in total. The van der Waals surface area contributed by atoms with Gasteiger partial charge in [-0.25, -0.2) is 0 Å². The minimum atomic E-state index is -4.40. The molecule has 4 nitrogen and oxygen atoms in total. The number of amides is 1. The minimum absolute atomic E-state index is 0.0292. The highest BCUT2D eigenvalue weighted by molar-refractivity contribution is 5.95. The van der Waals surface area contributed by atoms with E-state index in [2.05, 4.69) is 4.98 Å². The van der Waals surface area contributed by atoms with Crippen molar-refractivity contribution in [2.45, 2.75) is 50.0 Å². The zero-order valence-electron chi connectivity index (χ0n) is 14.5. The number of alkyl halides is 3. The van der Waals surface area contributed by atoms with Crippen molar-refractivity contribution in [3.8, 4) is 5.75 Å². The highest BCUT2D eigenvalue weighted by atomic mass is 19.4. The van der Waals surface area contributed by atoms with Crippen LogP contribution in [0.3, 0.4) is 0 Å². The molecule has 0 radical (unpaired) electrons. The molecule has 2 unspecified atom stereocenters. The molecule has 2 aromatic rings. The summed E-state index contributed by atoms with van der Waals surface area (Å²) in [7, 11) is 0. The number of carbonyl (C=O) groups excluding carboxylic acids is 1.